The largest absolute Gasteiger partial charge is 0.436 e. The van der Waals surface area contributed by atoms with Crippen molar-refractivity contribution >= 4 is 5.91 Å². The summed E-state index contributed by atoms with van der Waals surface area (Å²) < 4.78 is 61.9. The topological polar surface area (TPSA) is 93.2 Å². The van der Waals surface area contributed by atoms with Gasteiger partial charge in [-0.15, -0.1) is 0 Å². The maximum Gasteiger partial charge on any atom is 0.424 e. The Hall–Kier alpha value is -3.99. The number of carbonyl (C=O) groups excluding carboxylic acids is 1. The summed E-state index contributed by atoms with van der Waals surface area (Å²) >= 11 is 0. The van der Waals surface area contributed by atoms with Crippen LogP contribution in [-0.4, -0.2) is 38.3 Å². The van der Waals surface area contributed by atoms with Crippen LogP contribution in [0.2, 0.25) is 0 Å². The zero-order valence-electron chi connectivity index (χ0n) is 18.4. The minimum absolute atomic E-state index is 0.0359. The molecule has 2 N–H and O–H groups in total. The minimum atomic E-state index is -5.02. The molecule has 2 aromatic carbocycles. The number of imidazole rings is 1. The molecule has 0 saturated heterocycles. The van der Waals surface area contributed by atoms with Crippen LogP contribution in [0, 0.1) is 5.82 Å². The average molecular weight is 488 g/mol. The van der Waals surface area contributed by atoms with Crippen LogP contribution in [-0.2, 0) is 12.6 Å². The van der Waals surface area contributed by atoms with E-state index >= 15 is 0 Å². The van der Waals surface area contributed by atoms with Crippen LogP contribution in [0.25, 0.3) is 22.8 Å². The third kappa shape index (κ3) is 4.67. The van der Waals surface area contributed by atoms with Gasteiger partial charge in [-0.25, -0.2) is 14.4 Å². The van der Waals surface area contributed by atoms with Gasteiger partial charge in [0.1, 0.15) is 11.6 Å². The van der Waals surface area contributed by atoms with E-state index in [2.05, 4.69) is 15.3 Å². The van der Waals surface area contributed by atoms with Crippen molar-refractivity contribution < 1.29 is 31.9 Å². The van der Waals surface area contributed by atoms with Crippen LogP contribution in [0.3, 0.4) is 0 Å². The first-order valence-electron chi connectivity index (χ1n) is 10.5. The molecule has 0 spiro atoms. The smallest absolute Gasteiger partial charge is 0.424 e. The van der Waals surface area contributed by atoms with Crippen LogP contribution in [0.15, 0.2) is 71.5 Å². The molecule has 35 heavy (non-hydrogen) atoms. The number of rotatable bonds is 7. The van der Waals surface area contributed by atoms with Gasteiger partial charge in [-0.05, 0) is 24.3 Å². The van der Waals surface area contributed by atoms with Crippen LogP contribution in [0.5, 0.6) is 0 Å². The Balaban J connectivity index is 1.53. The second-order valence-corrected chi connectivity index (χ2v) is 7.78. The highest BCUT2D eigenvalue weighted by Gasteiger charge is 2.57. The van der Waals surface area contributed by atoms with Gasteiger partial charge in [0.25, 0.3) is 5.91 Å². The molecule has 0 radical (unpaired) electrons. The number of nitrogens with zero attached hydrogens (tertiary/aromatic N) is 3. The molecule has 0 bridgehead atoms. The average Bonchev–Trinajstić information content (AvgIpc) is 3.48. The molecule has 0 aliphatic carbocycles. The number of nitrogens with one attached hydrogen (secondary N) is 1. The number of aliphatic hydroxyl groups is 1. The van der Waals surface area contributed by atoms with E-state index in [0.29, 0.717) is 0 Å². The zero-order valence-corrected chi connectivity index (χ0v) is 18.4. The Morgan fingerprint density at radius 2 is 1.77 bits per heavy atom. The lowest BCUT2D eigenvalue weighted by atomic mass is 9.97. The lowest BCUT2D eigenvalue weighted by Gasteiger charge is -2.30. The van der Waals surface area contributed by atoms with E-state index in [9.17, 15) is 27.5 Å². The molecule has 7 nitrogen and oxygen atoms in total. The van der Waals surface area contributed by atoms with E-state index in [4.69, 9.17) is 4.42 Å². The van der Waals surface area contributed by atoms with E-state index in [1.807, 2.05) is 0 Å². The van der Waals surface area contributed by atoms with Gasteiger partial charge in [0.05, 0.1) is 17.3 Å². The molecule has 0 fully saturated rings. The highest BCUT2D eigenvalue weighted by Crippen LogP contribution is 2.40. The fraction of sp³-hybridized carbons (Fsp3) is 0.208. The number of alkyl halides is 3. The molecule has 4 aromatic rings. The van der Waals surface area contributed by atoms with Crippen molar-refractivity contribution in [2.75, 3.05) is 6.54 Å². The molecule has 4 rings (SSSR count). The second-order valence-electron chi connectivity index (χ2n) is 7.78. The molecule has 182 valence electrons. The lowest BCUT2D eigenvalue weighted by molar-refractivity contribution is -0.272. The standard InChI is InChI=1S/C24H20F4N4O3/c1-32-13-12-30-22(32)23(34,24(26,27)28)10-11-29-20(33)15-6-2-3-7-16(15)21-31-14-19(35-21)17-8-4-5-9-18(17)25/h2-9,12-14,34H,10-11H2,1H3,(H,29,33). The van der Waals surface area contributed by atoms with E-state index in [1.54, 1.807) is 24.3 Å². The maximum atomic E-state index is 14.1. The minimum Gasteiger partial charge on any atom is -0.436 e. The number of oxazole rings is 1. The number of hydrogen-bond acceptors (Lipinski definition) is 5. The van der Waals surface area contributed by atoms with Gasteiger partial charge in [-0.2, -0.15) is 13.2 Å². The summed E-state index contributed by atoms with van der Waals surface area (Å²) in [4.78, 5) is 20.6. The van der Waals surface area contributed by atoms with E-state index in [1.165, 1.54) is 43.7 Å². The second kappa shape index (κ2) is 9.34. The quantitative estimate of drug-likeness (QED) is 0.375. The summed E-state index contributed by atoms with van der Waals surface area (Å²) in [5, 5.41) is 12.8. The molecule has 0 aliphatic rings. The molecular weight excluding hydrogens is 468 g/mol. The van der Waals surface area contributed by atoms with E-state index in [0.717, 1.165) is 10.8 Å². The molecule has 11 heteroatoms. The molecule has 0 saturated carbocycles. The first-order chi connectivity index (χ1) is 16.6. The van der Waals surface area contributed by atoms with Crippen LogP contribution < -0.4 is 5.32 Å². The highest BCUT2D eigenvalue weighted by molar-refractivity contribution is 6.00. The lowest BCUT2D eigenvalue weighted by Crippen LogP contribution is -2.46. The molecule has 2 aromatic heterocycles. The van der Waals surface area contributed by atoms with Crippen molar-refractivity contribution in [1.29, 1.82) is 0 Å². The third-order valence-electron chi connectivity index (χ3n) is 5.48. The first kappa shape index (κ1) is 24.1. The molecule has 1 atom stereocenters. The van der Waals surface area contributed by atoms with E-state index in [-0.39, 0.29) is 28.3 Å². The SMILES string of the molecule is Cn1ccnc1C(O)(CCNC(=O)c1ccccc1-c1ncc(-c2ccccc2F)o1)C(F)(F)F. The number of amides is 1. The number of hydrogen-bond donors (Lipinski definition) is 2. The Labute approximate surface area is 197 Å². The summed E-state index contributed by atoms with van der Waals surface area (Å²) in [6, 6.07) is 12.1. The Kier molecular flexibility index (Phi) is 6.44. The summed E-state index contributed by atoms with van der Waals surface area (Å²) in [6.07, 6.45) is -2.13. The van der Waals surface area contributed by atoms with Crippen LogP contribution >= 0.6 is 0 Å². The monoisotopic (exact) mass is 488 g/mol. The Bertz CT molecular complexity index is 1350. The van der Waals surface area contributed by atoms with Crippen molar-refractivity contribution in [1.82, 2.24) is 19.9 Å². The molecule has 2 heterocycles. The van der Waals surface area contributed by atoms with E-state index < -0.39 is 42.3 Å². The van der Waals surface area contributed by atoms with Gasteiger partial charge >= 0.3 is 6.18 Å². The highest BCUT2D eigenvalue weighted by atomic mass is 19.4. The number of halogens is 4. The summed E-state index contributed by atoms with van der Waals surface area (Å²) in [5.74, 6) is -1.60. The molecule has 1 unspecified atom stereocenters. The Morgan fingerprint density at radius 3 is 2.43 bits per heavy atom. The van der Waals surface area contributed by atoms with Gasteiger partial charge < -0.3 is 19.4 Å². The normalized spacial score (nSPS) is 13.4. The van der Waals surface area contributed by atoms with Crippen LogP contribution in [0.1, 0.15) is 22.6 Å². The van der Waals surface area contributed by atoms with Crippen molar-refractivity contribution in [3.8, 4) is 22.8 Å². The predicted octanol–water partition coefficient (Wildman–Crippen LogP) is 4.45. The number of aromatic nitrogens is 3. The fourth-order valence-corrected chi connectivity index (χ4v) is 3.65. The number of aryl methyl sites for hydroxylation is 1. The van der Waals surface area contributed by atoms with Gasteiger partial charge in [-0.1, -0.05) is 24.3 Å². The maximum absolute atomic E-state index is 14.1. The van der Waals surface area contributed by atoms with Gasteiger partial charge in [-0.3, -0.25) is 4.79 Å². The Morgan fingerprint density at radius 1 is 1.09 bits per heavy atom. The number of carbonyl (C=O) groups is 1. The molecule has 0 aliphatic heterocycles. The molecule has 1 amide bonds. The molecular formula is C24H20F4N4O3. The predicted molar refractivity (Wildman–Crippen MR) is 117 cm³/mol. The van der Waals surface area contributed by atoms with Crippen molar-refractivity contribution in [2.45, 2.75) is 18.2 Å². The summed E-state index contributed by atoms with van der Waals surface area (Å²) in [5.41, 5.74) is -2.71. The number of benzene rings is 2. The third-order valence-corrected chi connectivity index (χ3v) is 5.48. The summed E-state index contributed by atoms with van der Waals surface area (Å²) in [6.45, 7) is -0.498. The van der Waals surface area contributed by atoms with Crippen LogP contribution in [0.4, 0.5) is 17.6 Å². The van der Waals surface area contributed by atoms with Crippen molar-refractivity contribution in [2.24, 2.45) is 7.05 Å². The summed E-state index contributed by atoms with van der Waals surface area (Å²) in [7, 11) is 1.33. The fourth-order valence-electron chi connectivity index (χ4n) is 3.65. The first-order valence-corrected chi connectivity index (χ1v) is 10.5. The van der Waals surface area contributed by atoms with Gasteiger partial charge in [0.15, 0.2) is 5.76 Å². The van der Waals surface area contributed by atoms with Gasteiger partial charge in [0, 0.05) is 38.0 Å². The zero-order chi connectivity index (χ0) is 25.2. The van der Waals surface area contributed by atoms with Crippen molar-refractivity contribution in [3.63, 3.8) is 0 Å². The van der Waals surface area contributed by atoms with Gasteiger partial charge in [0.2, 0.25) is 11.5 Å². The van der Waals surface area contributed by atoms with Crippen molar-refractivity contribution in [3.05, 3.63) is 84.3 Å².